The van der Waals surface area contributed by atoms with Gasteiger partial charge < -0.3 is 15.0 Å². The van der Waals surface area contributed by atoms with Crippen LogP contribution in [0, 0.1) is 26.7 Å². The summed E-state index contributed by atoms with van der Waals surface area (Å²) in [7, 11) is 0. The van der Waals surface area contributed by atoms with E-state index in [4.69, 9.17) is 4.74 Å². The molecule has 3 heteroatoms. The van der Waals surface area contributed by atoms with Crippen LogP contribution in [0.4, 0.5) is 0 Å². The number of nitrogens with zero attached hydrogens (tertiary/aromatic N) is 1. The van der Waals surface area contributed by atoms with Crippen molar-refractivity contribution in [3.63, 3.8) is 0 Å². The van der Waals surface area contributed by atoms with E-state index >= 15 is 0 Å². The van der Waals surface area contributed by atoms with Crippen molar-refractivity contribution < 1.29 is 4.74 Å². The van der Waals surface area contributed by atoms with Gasteiger partial charge in [0.2, 0.25) is 0 Å². The number of aryl methyl sites for hydroxylation is 3. The molecule has 3 nitrogen and oxygen atoms in total. The quantitative estimate of drug-likeness (QED) is 0.889. The number of ether oxygens (including phenoxy) is 1. The van der Waals surface area contributed by atoms with Crippen LogP contribution >= 0.6 is 0 Å². The standard InChI is InChI=1S/C21H34N2O/c1-15-11-17(3)21(12-16(15)2)18(4)22-20-5-8-23(9-6-20)13-19-7-10-24-14-19/h11-12,18-20,22H,5-10,13-14H2,1-4H3/t18-,19+/m1/s1. The van der Waals surface area contributed by atoms with E-state index in [-0.39, 0.29) is 0 Å². The molecule has 3 rings (SSSR count). The van der Waals surface area contributed by atoms with E-state index < -0.39 is 0 Å². The number of likely N-dealkylation sites (tertiary alicyclic amines) is 1. The van der Waals surface area contributed by atoms with Crippen LogP contribution < -0.4 is 5.32 Å². The van der Waals surface area contributed by atoms with Gasteiger partial charge in [-0.05, 0) is 88.2 Å². The first kappa shape index (κ1) is 17.9. The van der Waals surface area contributed by atoms with Crippen LogP contribution in [0.1, 0.15) is 54.5 Å². The average molecular weight is 331 g/mol. The Morgan fingerprint density at radius 1 is 1.08 bits per heavy atom. The topological polar surface area (TPSA) is 24.5 Å². The Morgan fingerprint density at radius 2 is 1.79 bits per heavy atom. The van der Waals surface area contributed by atoms with Gasteiger partial charge in [-0.1, -0.05) is 12.1 Å². The molecule has 0 spiro atoms. The summed E-state index contributed by atoms with van der Waals surface area (Å²) in [6, 6.07) is 5.79. The molecule has 1 aromatic carbocycles. The second-order valence-electron chi connectivity index (χ2n) is 7.99. The fourth-order valence-electron chi connectivity index (χ4n) is 4.27. The van der Waals surface area contributed by atoms with Crippen LogP contribution in [0.5, 0.6) is 0 Å². The number of rotatable bonds is 5. The number of piperidine rings is 1. The molecule has 0 aromatic heterocycles. The molecule has 2 aliphatic heterocycles. The van der Waals surface area contributed by atoms with Crippen LogP contribution in [0.15, 0.2) is 12.1 Å². The summed E-state index contributed by atoms with van der Waals surface area (Å²) in [6.07, 6.45) is 3.78. The molecule has 0 unspecified atom stereocenters. The number of nitrogens with one attached hydrogen (secondary N) is 1. The highest BCUT2D eigenvalue weighted by atomic mass is 16.5. The summed E-state index contributed by atoms with van der Waals surface area (Å²) in [6.45, 7) is 14.6. The third-order valence-electron chi connectivity index (χ3n) is 5.96. The Hall–Kier alpha value is -0.900. The van der Waals surface area contributed by atoms with Crippen molar-refractivity contribution in [1.82, 2.24) is 10.2 Å². The Labute approximate surface area is 147 Å². The average Bonchev–Trinajstić information content (AvgIpc) is 3.05. The van der Waals surface area contributed by atoms with Gasteiger partial charge in [0.15, 0.2) is 0 Å². The fourth-order valence-corrected chi connectivity index (χ4v) is 4.27. The molecule has 2 atom stereocenters. The van der Waals surface area contributed by atoms with Crippen LogP contribution in [0.25, 0.3) is 0 Å². The predicted molar refractivity (Wildman–Crippen MR) is 101 cm³/mol. The van der Waals surface area contributed by atoms with E-state index in [0.29, 0.717) is 12.1 Å². The number of benzene rings is 1. The Bertz CT molecular complexity index is 543. The van der Waals surface area contributed by atoms with E-state index in [2.05, 4.69) is 50.0 Å². The lowest BCUT2D eigenvalue weighted by atomic mass is 9.95. The normalized spacial score (nSPS) is 24.4. The summed E-state index contributed by atoms with van der Waals surface area (Å²) in [4.78, 5) is 2.64. The molecule has 2 heterocycles. The molecule has 0 bridgehead atoms. The third kappa shape index (κ3) is 4.38. The fraction of sp³-hybridized carbons (Fsp3) is 0.714. The molecule has 2 saturated heterocycles. The monoisotopic (exact) mass is 330 g/mol. The molecule has 2 aliphatic rings. The first-order valence-electron chi connectivity index (χ1n) is 9.67. The van der Waals surface area contributed by atoms with E-state index in [1.807, 2.05) is 0 Å². The summed E-state index contributed by atoms with van der Waals surface area (Å²) in [5.41, 5.74) is 5.67. The van der Waals surface area contributed by atoms with Crippen LogP contribution in [-0.2, 0) is 4.74 Å². The zero-order chi connectivity index (χ0) is 17.1. The van der Waals surface area contributed by atoms with Gasteiger partial charge in [0.05, 0.1) is 6.61 Å². The van der Waals surface area contributed by atoms with Crippen molar-refractivity contribution in [3.05, 3.63) is 34.4 Å². The molecule has 0 saturated carbocycles. The van der Waals surface area contributed by atoms with Gasteiger partial charge in [-0.25, -0.2) is 0 Å². The van der Waals surface area contributed by atoms with Gasteiger partial charge in [-0.15, -0.1) is 0 Å². The van der Waals surface area contributed by atoms with Gasteiger partial charge in [-0.3, -0.25) is 0 Å². The van der Waals surface area contributed by atoms with Gasteiger partial charge >= 0.3 is 0 Å². The zero-order valence-corrected chi connectivity index (χ0v) is 15.9. The predicted octanol–water partition coefficient (Wildman–Crippen LogP) is 3.76. The van der Waals surface area contributed by atoms with Gasteiger partial charge in [0.1, 0.15) is 0 Å². The van der Waals surface area contributed by atoms with E-state index in [9.17, 15) is 0 Å². The molecular formula is C21H34N2O. The maximum absolute atomic E-state index is 5.51. The van der Waals surface area contributed by atoms with Crippen molar-refractivity contribution in [2.75, 3.05) is 32.8 Å². The molecule has 134 valence electrons. The minimum Gasteiger partial charge on any atom is -0.381 e. The molecule has 24 heavy (non-hydrogen) atoms. The molecular weight excluding hydrogens is 296 g/mol. The summed E-state index contributed by atoms with van der Waals surface area (Å²) in [5.74, 6) is 0.770. The van der Waals surface area contributed by atoms with Crippen molar-refractivity contribution in [2.24, 2.45) is 5.92 Å². The largest absolute Gasteiger partial charge is 0.381 e. The Morgan fingerprint density at radius 3 is 2.46 bits per heavy atom. The minimum absolute atomic E-state index is 0.434. The van der Waals surface area contributed by atoms with Crippen molar-refractivity contribution in [2.45, 2.75) is 59.0 Å². The molecule has 1 N–H and O–H groups in total. The van der Waals surface area contributed by atoms with E-state index in [1.165, 1.54) is 61.2 Å². The maximum atomic E-state index is 5.51. The number of hydrogen-bond donors (Lipinski definition) is 1. The molecule has 0 radical (unpaired) electrons. The SMILES string of the molecule is Cc1cc(C)c([C@@H](C)NC2CCN(C[C@@H]3CCOC3)CC2)cc1C. The molecule has 0 amide bonds. The Balaban J connectivity index is 1.49. The Kier molecular flexibility index (Phi) is 5.96. The first-order valence-corrected chi connectivity index (χ1v) is 9.67. The third-order valence-corrected chi connectivity index (χ3v) is 5.96. The zero-order valence-electron chi connectivity index (χ0n) is 15.9. The summed E-state index contributed by atoms with van der Waals surface area (Å²) >= 11 is 0. The smallest absolute Gasteiger partial charge is 0.0507 e. The molecule has 2 fully saturated rings. The highest BCUT2D eigenvalue weighted by molar-refractivity contribution is 5.38. The number of hydrogen-bond acceptors (Lipinski definition) is 3. The lowest BCUT2D eigenvalue weighted by molar-refractivity contribution is 0.145. The van der Waals surface area contributed by atoms with Crippen LogP contribution in [0.2, 0.25) is 0 Å². The molecule has 0 aliphatic carbocycles. The first-order chi connectivity index (χ1) is 11.5. The van der Waals surface area contributed by atoms with E-state index in [0.717, 1.165) is 19.1 Å². The van der Waals surface area contributed by atoms with E-state index in [1.54, 1.807) is 0 Å². The highest BCUT2D eigenvalue weighted by Crippen LogP contribution is 2.24. The second-order valence-corrected chi connectivity index (χ2v) is 7.99. The van der Waals surface area contributed by atoms with Crippen LogP contribution in [-0.4, -0.2) is 43.8 Å². The van der Waals surface area contributed by atoms with Crippen molar-refractivity contribution >= 4 is 0 Å². The maximum Gasteiger partial charge on any atom is 0.0507 e. The van der Waals surface area contributed by atoms with Gasteiger partial charge in [0.25, 0.3) is 0 Å². The summed E-state index contributed by atoms with van der Waals surface area (Å²) < 4.78 is 5.51. The van der Waals surface area contributed by atoms with Crippen molar-refractivity contribution in [3.8, 4) is 0 Å². The second kappa shape index (κ2) is 7.99. The lowest BCUT2D eigenvalue weighted by Crippen LogP contribution is -2.44. The van der Waals surface area contributed by atoms with Crippen molar-refractivity contribution in [1.29, 1.82) is 0 Å². The van der Waals surface area contributed by atoms with Crippen LogP contribution in [0.3, 0.4) is 0 Å². The summed E-state index contributed by atoms with van der Waals surface area (Å²) in [5, 5.41) is 3.89. The lowest BCUT2D eigenvalue weighted by Gasteiger charge is -2.35. The minimum atomic E-state index is 0.434. The molecule has 1 aromatic rings. The highest BCUT2D eigenvalue weighted by Gasteiger charge is 2.24. The van der Waals surface area contributed by atoms with Gasteiger partial charge in [-0.2, -0.15) is 0 Å². The van der Waals surface area contributed by atoms with Gasteiger partial charge in [0, 0.05) is 25.2 Å².